The first kappa shape index (κ1) is 16.9. The van der Waals surface area contributed by atoms with Crippen molar-refractivity contribution in [1.82, 2.24) is 10.2 Å². The Balaban J connectivity index is 4.20. The molecular formula is C12H25N3O3. The van der Waals surface area contributed by atoms with Crippen molar-refractivity contribution < 1.29 is 14.3 Å². The Morgan fingerprint density at radius 3 is 2.39 bits per heavy atom. The molecule has 2 amide bonds. The van der Waals surface area contributed by atoms with Crippen molar-refractivity contribution in [2.45, 2.75) is 26.8 Å². The molecule has 0 heterocycles. The second kappa shape index (κ2) is 7.33. The van der Waals surface area contributed by atoms with E-state index in [9.17, 15) is 9.59 Å². The van der Waals surface area contributed by atoms with Gasteiger partial charge in [0.05, 0.1) is 19.2 Å². The SMILES string of the molecule is COCCNC(=O)CN(C)C(=O)C(N)C(C)(C)C. The van der Waals surface area contributed by atoms with Crippen molar-refractivity contribution in [3.05, 3.63) is 0 Å². The Hall–Kier alpha value is -1.14. The summed E-state index contributed by atoms with van der Waals surface area (Å²) in [6.07, 6.45) is 0. The maximum absolute atomic E-state index is 12.0. The van der Waals surface area contributed by atoms with Gasteiger partial charge in [-0.25, -0.2) is 0 Å². The van der Waals surface area contributed by atoms with Crippen LogP contribution in [0.4, 0.5) is 0 Å². The summed E-state index contributed by atoms with van der Waals surface area (Å²) in [4.78, 5) is 24.8. The molecule has 0 aromatic carbocycles. The lowest BCUT2D eigenvalue weighted by atomic mass is 9.86. The zero-order chi connectivity index (χ0) is 14.3. The molecule has 3 N–H and O–H groups in total. The fraction of sp³-hybridized carbons (Fsp3) is 0.833. The molecule has 0 aliphatic rings. The quantitative estimate of drug-likeness (QED) is 0.635. The van der Waals surface area contributed by atoms with Crippen molar-refractivity contribution in [1.29, 1.82) is 0 Å². The molecule has 0 saturated carbocycles. The molecule has 0 aromatic heterocycles. The molecule has 0 aliphatic carbocycles. The Labute approximate surface area is 109 Å². The molecule has 0 rings (SSSR count). The lowest BCUT2D eigenvalue weighted by Gasteiger charge is -2.29. The van der Waals surface area contributed by atoms with Crippen LogP contribution in [0, 0.1) is 5.41 Å². The first-order valence-corrected chi connectivity index (χ1v) is 5.96. The van der Waals surface area contributed by atoms with Crippen molar-refractivity contribution in [3.8, 4) is 0 Å². The van der Waals surface area contributed by atoms with Gasteiger partial charge < -0.3 is 20.7 Å². The van der Waals surface area contributed by atoms with Gasteiger partial charge in [0.2, 0.25) is 11.8 Å². The molecule has 18 heavy (non-hydrogen) atoms. The standard InChI is InChI=1S/C12H25N3O3/c1-12(2,3)10(13)11(17)15(4)8-9(16)14-6-7-18-5/h10H,6-8,13H2,1-5H3,(H,14,16). The Bertz CT molecular complexity index is 287. The second-order valence-electron chi connectivity index (χ2n) is 5.38. The third-order valence-electron chi connectivity index (χ3n) is 2.58. The molecular weight excluding hydrogens is 234 g/mol. The Morgan fingerprint density at radius 1 is 1.39 bits per heavy atom. The number of likely N-dealkylation sites (N-methyl/N-ethyl adjacent to an activating group) is 1. The lowest BCUT2D eigenvalue weighted by molar-refractivity contribution is -0.137. The van der Waals surface area contributed by atoms with Gasteiger partial charge in [0.1, 0.15) is 0 Å². The van der Waals surface area contributed by atoms with Crippen molar-refractivity contribution in [2.75, 3.05) is 33.9 Å². The van der Waals surface area contributed by atoms with Gasteiger partial charge >= 0.3 is 0 Å². The molecule has 6 heteroatoms. The smallest absolute Gasteiger partial charge is 0.240 e. The molecule has 0 radical (unpaired) electrons. The highest BCUT2D eigenvalue weighted by Crippen LogP contribution is 2.18. The zero-order valence-corrected chi connectivity index (χ0v) is 11.9. The summed E-state index contributed by atoms with van der Waals surface area (Å²) in [6, 6.07) is -0.616. The molecule has 0 aromatic rings. The highest BCUT2D eigenvalue weighted by atomic mass is 16.5. The number of methoxy groups -OCH3 is 1. The molecule has 0 fully saturated rings. The number of hydrogen-bond acceptors (Lipinski definition) is 4. The summed E-state index contributed by atoms with van der Waals surface area (Å²) < 4.78 is 4.81. The molecule has 0 bridgehead atoms. The van der Waals surface area contributed by atoms with Gasteiger partial charge in [-0.1, -0.05) is 20.8 Å². The van der Waals surface area contributed by atoms with Crippen LogP contribution in [0.5, 0.6) is 0 Å². The summed E-state index contributed by atoms with van der Waals surface area (Å²) in [6.45, 7) is 6.56. The van der Waals surface area contributed by atoms with Crippen LogP contribution in [-0.4, -0.2) is 56.6 Å². The van der Waals surface area contributed by atoms with E-state index in [1.54, 1.807) is 14.2 Å². The fourth-order valence-corrected chi connectivity index (χ4v) is 1.25. The number of carbonyl (C=O) groups excluding carboxylic acids is 2. The Kier molecular flexibility index (Phi) is 6.86. The van der Waals surface area contributed by atoms with E-state index < -0.39 is 6.04 Å². The van der Waals surface area contributed by atoms with E-state index in [4.69, 9.17) is 10.5 Å². The van der Waals surface area contributed by atoms with E-state index in [2.05, 4.69) is 5.32 Å². The topological polar surface area (TPSA) is 84.7 Å². The third-order valence-corrected chi connectivity index (χ3v) is 2.58. The summed E-state index contributed by atoms with van der Waals surface area (Å²) in [5.74, 6) is -0.451. The fourth-order valence-electron chi connectivity index (χ4n) is 1.25. The van der Waals surface area contributed by atoms with E-state index in [1.165, 1.54) is 4.90 Å². The van der Waals surface area contributed by atoms with Gasteiger partial charge in [0.25, 0.3) is 0 Å². The van der Waals surface area contributed by atoms with Crippen LogP contribution in [0.25, 0.3) is 0 Å². The molecule has 0 aliphatic heterocycles. The van der Waals surface area contributed by atoms with Crippen molar-refractivity contribution in [2.24, 2.45) is 11.1 Å². The van der Waals surface area contributed by atoms with Crippen LogP contribution < -0.4 is 11.1 Å². The van der Waals surface area contributed by atoms with E-state index in [-0.39, 0.29) is 23.8 Å². The van der Waals surface area contributed by atoms with Gasteiger partial charge in [0.15, 0.2) is 0 Å². The number of ether oxygens (including phenoxy) is 1. The van der Waals surface area contributed by atoms with Crippen LogP contribution >= 0.6 is 0 Å². The van der Waals surface area contributed by atoms with E-state index in [0.717, 1.165) is 0 Å². The molecule has 0 spiro atoms. The minimum atomic E-state index is -0.616. The molecule has 6 nitrogen and oxygen atoms in total. The van der Waals surface area contributed by atoms with Crippen LogP contribution in [-0.2, 0) is 14.3 Å². The van der Waals surface area contributed by atoms with Crippen molar-refractivity contribution >= 4 is 11.8 Å². The predicted octanol–water partition coefficient (Wildman–Crippen LogP) is -0.419. The number of carbonyl (C=O) groups is 2. The van der Waals surface area contributed by atoms with E-state index >= 15 is 0 Å². The molecule has 106 valence electrons. The first-order chi connectivity index (χ1) is 8.20. The predicted molar refractivity (Wildman–Crippen MR) is 70.0 cm³/mol. The van der Waals surface area contributed by atoms with Crippen molar-refractivity contribution in [3.63, 3.8) is 0 Å². The minimum absolute atomic E-state index is 0.00628. The van der Waals surface area contributed by atoms with Gasteiger partial charge in [-0.3, -0.25) is 9.59 Å². The van der Waals surface area contributed by atoms with Crippen LogP contribution in [0.1, 0.15) is 20.8 Å². The average Bonchev–Trinajstić information content (AvgIpc) is 2.26. The third kappa shape index (κ3) is 5.97. The number of rotatable bonds is 6. The second-order valence-corrected chi connectivity index (χ2v) is 5.38. The largest absolute Gasteiger partial charge is 0.383 e. The molecule has 1 atom stereocenters. The molecule has 1 unspecified atom stereocenters. The maximum atomic E-state index is 12.0. The van der Waals surface area contributed by atoms with Crippen LogP contribution in [0.2, 0.25) is 0 Å². The number of nitrogens with one attached hydrogen (secondary N) is 1. The number of nitrogens with two attached hydrogens (primary N) is 1. The monoisotopic (exact) mass is 259 g/mol. The lowest BCUT2D eigenvalue weighted by Crippen LogP contribution is -2.51. The number of nitrogens with zero attached hydrogens (tertiary/aromatic N) is 1. The normalized spacial score (nSPS) is 13.0. The van der Waals surface area contributed by atoms with E-state index in [0.29, 0.717) is 13.2 Å². The van der Waals surface area contributed by atoms with Crippen LogP contribution in [0.3, 0.4) is 0 Å². The summed E-state index contributed by atoms with van der Waals surface area (Å²) in [7, 11) is 3.13. The van der Waals surface area contributed by atoms with Gasteiger partial charge in [-0.05, 0) is 5.41 Å². The van der Waals surface area contributed by atoms with Gasteiger partial charge in [0, 0.05) is 20.7 Å². The number of amides is 2. The first-order valence-electron chi connectivity index (χ1n) is 5.96. The van der Waals surface area contributed by atoms with Crippen LogP contribution in [0.15, 0.2) is 0 Å². The Morgan fingerprint density at radius 2 is 1.94 bits per heavy atom. The average molecular weight is 259 g/mol. The minimum Gasteiger partial charge on any atom is -0.383 e. The zero-order valence-electron chi connectivity index (χ0n) is 11.9. The summed E-state index contributed by atoms with van der Waals surface area (Å²) in [5, 5.41) is 2.65. The molecule has 0 saturated heterocycles. The highest BCUT2D eigenvalue weighted by Gasteiger charge is 2.30. The number of hydrogen-bond donors (Lipinski definition) is 2. The van der Waals surface area contributed by atoms with E-state index in [1.807, 2.05) is 20.8 Å². The maximum Gasteiger partial charge on any atom is 0.240 e. The van der Waals surface area contributed by atoms with Gasteiger partial charge in [-0.15, -0.1) is 0 Å². The van der Waals surface area contributed by atoms with Gasteiger partial charge in [-0.2, -0.15) is 0 Å². The highest BCUT2D eigenvalue weighted by molar-refractivity contribution is 5.87. The summed E-state index contributed by atoms with van der Waals surface area (Å²) in [5.41, 5.74) is 5.53. The summed E-state index contributed by atoms with van der Waals surface area (Å²) >= 11 is 0.